The van der Waals surface area contributed by atoms with Crippen LogP contribution in [0.2, 0.25) is 0 Å². The highest BCUT2D eigenvalue weighted by Gasteiger charge is 2.32. The van der Waals surface area contributed by atoms with E-state index in [9.17, 15) is 4.79 Å². The minimum absolute atomic E-state index is 0.0281. The molecule has 1 rings (SSSR count). The predicted octanol–water partition coefficient (Wildman–Crippen LogP) is 4.38. The Balaban J connectivity index is 3.89. The van der Waals surface area contributed by atoms with Crippen molar-refractivity contribution in [2.75, 3.05) is 0 Å². The fraction of sp³-hybridized carbons (Fsp3) is 0.632. The lowest BCUT2D eigenvalue weighted by Gasteiger charge is -2.36. The highest BCUT2D eigenvalue weighted by Crippen LogP contribution is 2.44. The zero-order chi connectivity index (χ0) is 18.2. The summed E-state index contributed by atoms with van der Waals surface area (Å²) in [4.78, 5) is 11.1. The molecule has 0 heterocycles. The Labute approximate surface area is 144 Å². The second-order valence-electron chi connectivity index (χ2n) is 8.30. The summed E-state index contributed by atoms with van der Waals surface area (Å²) in [5, 5.41) is 9.13. The Morgan fingerprint density at radius 1 is 1.00 bits per heavy atom. The lowest BCUT2D eigenvalue weighted by Crippen LogP contribution is -2.27. The molecule has 3 radical (unpaired) electrons. The van der Waals surface area contributed by atoms with Crippen molar-refractivity contribution in [1.29, 1.82) is 0 Å². The van der Waals surface area contributed by atoms with Gasteiger partial charge in [0.1, 0.15) is 5.75 Å². The summed E-state index contributed by atoms with van der Waals surface area (Å²) >= 11 is 0. The van der Waals surface area contributed by atoms with Crippen LogP contribution in [0.3, 0.4) is 0 Å². The van der Waals surface area contributed by atoms with Gasteiger partial charge >= 0.3 is 16.5 Å². The fourth-order valence-electron chi connectivity index (χ4n) is 3.41. The van der Waals surface area contributed by atoms with Crippen molar-refractivity contribution in [2.24, 2.45) is 0 Å². The summed E-state index contributed by atoms with van der Waals surface area (Å²) in [5.74, 6) is -0.0290. The highest BCUT2D eigenvalue weighted by atomic mass is 28.2. The molecule has 3 nitrogen and oxygen atoms in total. The molecule has 4 heteroatoms. The van der Waals surface area contributed by atoms with Crippen molar-refractivity contribution >= 4 is 16.5 Å². The lowest BCUT2D eigenvalue weighted by atomic mass is 9.69. The maximum absolute atomic E-state index is 11.1. The molecule has 0 atom stereocenters. The predicted molar refractivity (Wildman–Crippen MR) is 95.7 cm³/mol. The first-order valence-corrected chi connectivity index (χ1v) is 8.45. The number of carboxylic acids is 1. The quantitative estimate of drug-likeness (QED) is 0.832. The van der Waals surface area contributed by atoms with E-state index in [4.69, 9.17) is 9.53 Å². The summed E-state index contributed by atoms with van der Waals surface area (Å²) in [7, 11) is 3.18. The maximum Gasteiger partial charge on any atom is 0.341 e. The smallest absolute Gasteiger partial charge is 0.341 e. The molecule has 1 N–H and O–H groups in total. The van der Waals surface area contributed by atoms with Crippen molar-refractivity contribution in [1.82, 2.24) is 0 Å². The van der Waals surface area contributed by atoms with Gasteiger partial charge in [0.2, 0.25) is 0 Å². The van der Waals surface area contributed by atoms with E-state index < -0.39 is 5.97 Å². The fourth-order valence-corrected chi connectivity index (χ4v) is 3.69. The topological polar surface area (TPSA) is 46.5 Å². The number of aliphatic carboxylic acids is 1. The number of carboxylic acid groups (broad SMARTS) is 1. The molecule has 0 aliphatic rings. The molecular weight excluding hydrogens is 304 g/mol. The lowest BCUT2D eigenvalue weighted by molar-refractivity contribution is -0.136. The Morgan fingerprint density at radius 2 is 1.48 bits per heavy atom. The van der Waals surface area contributed by atoms with Crippen LogP contribution in [0.25, 0.3) is 0 Å². The molecule has 0 spiro atoms. The first-order valence-electron chi connectivity index (χ1n) is 8.04. The highest BCUT2D eigenvalue weighted by molar-refractivity contribution is 6.00. The average molecular weight is 334 g/mol. The van der Waals surface area contributed by atoms with Crippen LogP contribution in [0.1, 0.15) is 75.8 Å². The molecule has 0 amide bonds. The summed E-state index contributed by atoms with van der Waals surface area (Å²) < 4.78 is 5.51. The number of carbonyl (C=O) groups is 1. The monoisotopic (exact) mass is 333 g/mol. The van der Waals surface area contributed by atoms with Gasteiger partial charge in [-0.1, -0.05) is 41.5 Å². The molecule has 1 aromatic carbocycles. The van der Waals surface area contributed by atoms with Gasteiger partial charge in [-0.25, -0.2) is 0 Å². The normalized spacial score (nSPS) is 12.4. The molecule has 0 unspecified atom stereocenters. The minimum atomic E-state index is -0.791. The molecule has 23 heavy (non-hydrogen) atoms. The van der Waals surface area contributed by atoms with Gasteiger partial charge in [-0.3, -0.25) is 4.79 Å². The van der Waals surface area contributed by atoms with E-state index in [1.807, 2.05) is 6.92 Å². The van der Waals surface area contributed by atoms with Crippen molar-refractivity contribution in [3.8, 4) is 5.75 Å². The van der Waals surface area contributed by atoms with Crippen LogP contribution in [0, 0.1) is 13.8 Å². The number of hydrogen-bond acceptors (Lipinski definition) is 2. The van der Waals surface area contributed by atoms with E-state index in [0.29, 0.717) is 6.42 Å². The van der Waals surface area contributed by atoms with Crippen LogP contribution in [-0.2, 0) is 22.0 Å². The zero-order valence-corrected chi connectivity index (χ0v) is 16.7. The summed E-state index contributed by atoms with van der Waals surface area (Å²) in [6.07, 6.45) is 0.559. The average Bonchev–Trinajstić information content (AvgIpc) is 2.36. The molecule has 0 saturated carbocycles. The van der Waals surface area contributed by atoms with Gasteiger partial charge in [0.15, 0.2) is 0 Å². The molecular formula is C19H29O3Si. The molecule has 0 aliphatic carbocycles. The third-order valence-corrected chi connectivity index (χ3v) is 4.50. The van der Waals surface area contributed by atoms with E-state index in [-0.39, 0.29) is 17.3 Å². The molecule has 0 fully saturated rings. The summed E-state index contributed by atoms with van der Waals surface area (Å²) in [5.41, 5.74) is 5.67. The van der Waals surface area contributed by atoms with Crippen LogP contribution in [0.5, 0.6) is 5.75 Å². The van der Waals surface area contributed by atoms with Crippen LogP contribution in [-0.4, -0.2) is 21.6 Å². The minimum Gasteiger partial charge on any atom is -0.540 e. The van der Waals surface area contributed by atoms with Gasteiger partial charge in [0.05, 0.1) is 0 Å². The first kappa shape index (κ1) is 19.8. The summed E-state index contributed by atoms with van der Waals surface area (Å²) in [6, 6.07) is 0. The van der Waals surface area contributed by atoms with Gasteiger partial charge in [0.25, 0.3) is 0 Å². The Bertz CT molecular complexity index is 605. The van der Waals surface area contributed by atoms with E-state index in [1.165, 1.54) is 16.7 Å². The van der Waals surface area contributed by atoms with Gasteiger partial charge in [-0.2, -0.15) is 0 Å². The van der Waals surface area contributed by atoms with Crippen molar-refractivity contribution in [2.45, 2.75) is 79.1 Å². The van der Waals surface area contributed by atoms with E-state index in [1.54, 1.807) is 0 Å². The number of hydrogen-bond donors (Lipinski definition) is 1. The standard InChI is InChI=1S/C19H29O3Si/c1-11-12(2)17(22-23)13(9-10-14(20)21)16(19(6,7)8)15(11)18(3,4)5/h9-10H2,1-8H3,(H,20,21). The molecule has 0 saturated heterocycles. The zero-order valence-electron chi connectivity index (χ0n) is 15.7. The van der Waals surface area contributed by atoms with Crippen molar-refractivity contribution in [3.05, 3.63) is 27.8 Å². The van der Waals surface area contributed by atoms with Crippen molar-refractivity contribution in [3.63, 3.8) is 0 Å². The Hall–Kier alpha value is -1.29. The molecule has 0 aromatic heterocycles. The second-order valence-corrected chi connectivity index (χ2v) is 8.51. The van der Waals surface area contributed by atoms with Gasteiger partial charge in [-0.15, -0.1) is 0 Å². The summed E-state index contributed by atoms with van der Waals surface area (Å²) in [6.45, 7) is 17.3. The Morgan fingerprint density at radius 3 is 1.83 bits per heavy atom. The van der Waals surface area contributed by atoms with Gasteiger partial charge < -0.3 is 9.53 Å². The number of rotatable bonds is 4. The van der Waals surface area contributed by atoms with E-state index in [0.717, 1.165) is 16.9 Å². The maximum atomic E-state index is 11.1. The van der Waals surface area contributed by atoms with Gasteiger partial charge in [-0.05, 0) is 58.9 Å². The first-order chi connectivity index (χ1) is 10.3. The Kier molecular flexibility index (Phi) is 5.73. The number of benzene rings is 1. The third-order valence-electron chi connectivity index (χ3n) is 4.29. The van der Waals surface area contributed by atoms with Crippen LogP contribution >= 0.6 is 0 Å². The van der Waals surface area contributed by atoms with E-state index in [2.05, 4.69) is 59.0 Å². The van der Waals surface area contributed by atoms with Crippen LogP contribution < -0.4 is 4.43 Å². The van der Waals surface area contributed by atoms with E-state index >= 15 is 0 Å². The molecule has 0 bridgehead atoms. The second kappa shape index (κ2) is 6.68. The molecule has 0 aliphatic heterocycles. The SMILES string of the molecule is Cc1c(C)c(C(C)(C)C)c(C(C)(C)C)c(CCC(=O)O)c1O[Si]. The van der Waals surface area contributed by atoms with Crippen LogP contribution in [0.4, 0.5) is 0 Å². The third kappa shape index (κ3) is 4.17. The molecule has 127 valence electrons. The van der Waals surface area contributed by atoms with Gasteiger partial charge in [0, 0.05) is 6.42 Å². The van der Waals surface area contributed by atoms with Crippen LogP contribution in [0.15, 0.2) is 0 Å². The largest absolute Gasteiger partial charge is 0.540 e. The van der Waals surface area contributed by atoms with Crippen molar-refractivity contribution < 1.29 is 14.3 Å². The molecule has 1 aromatic rings.